The lowest BCUT2D eigenvalue weighted by Crippen LogP contribution is -2.11. The lowest BCUT2D eigenvalue weighted by Gasteiger charge is -2.10. The molecule has 0 spiro atoms. The Balaban J connectivity index is 1.93. The van der Waals surface area contributed by atoms with Crippen molar-refractivity contribution in [1.82, 2.24) is 9.55 Å². The first kappa shape index (κ1) is 16.2. The first-order valence-electron chi connectivity index (χ1n) is 7.31. The summed E-state index contributed by atoms with van der Waals surface area (Å²) in [4.78, 5) is 4.53. The summed E-state index contributed by atoms with van der Waals surface area (Å²) in [6.45, 7) is 6.01. The Morgan fingerprint density at radius 1 is 1.29 bits per heavy atom. The Morgan fingerprint density at radius 3 is 2.81 bits per heavy atom. The van der Waals surface area contributed by atoms with Crippen LogP contribution in [-0.4, -0.2) is 16.1 Å². The molecule has 1 heterocycles. The van der Waals surface area contributed by atoms with Gasteiger partial charge in [0, 0.05) is 29.3 Å². The second kappa shape index (κ2) is 7.71. The molecule has 0 radical (unpaired) electrons. The van der Waals surface area contributed by atoms with E-state index in [0.717, 1.165) is 48.2 Å². The summed E-state index contributed by atoms with van der Waals surface area (Å²) in [6, 6.07) is 5.63. The SMILES string of the molecule is CCCCn1cc(C)nc1NCCc1ccc(Cl)cc1Cl. The van der Waals surface area contributed by atoms with Crippen molar-refractivity contribution >= 4 is 29.2 Å². The van der Waals surface area contributed by atoms with Gasteiger partial charge in [-0.1, -0.05) is 42.6 Å². The predicted molar refractivity (Wildman–Crippen MR) is 90.5 cm³/mol. The van der Waals surface area contributed by atoms with E-state index in [2.05, 4.69) is 28.0 Å². The fourth-order valence-electron chi connectivity index (χ4n) is 2.22. The van der Waals surface area contributed by atoms with Gasteiger partial charge >= 0.3 is 0 Å². The summed E-state index contributed by atoms with van der Waals surface area (Å²) in [5.74, 6) is 0.936. The molecular weight excluding hydrogens is 305 g/mol. The van der Waals surface area contributed by atoms with Crippen LogP contribution in [0.5, 0.6) is 0 Å². The normalized spacial score (nSPS) is 10.9. The molecule has 0 unspecified atom stereocenters. The van der Waals surface area contributed by atoms with Crippen LogP contribution in [0.2, 0.25) is 10.0 Å². The van der Waals surface area contributed by atoms with Gasteiger partial charge in [-0.2, -0.15) is 0 Å². The number of hydrogen-bond donors (Lipinski definition) is 1. The van der Waals surface area contributed by atoms with Crippen molar-refractivity contribution in [3.63, 3.8) is 0 Å². The van der Waals surface area contributed by atoms with E-state index >= 15 is 0 Å². The maximum atomic E-state index is 6.18. The van der Waals surface area contributed by atoms with Gasteiger partial charge in [0.2, 0.25) is 5.95 Å². The average molecular weight is 326 g/mol. The minimum absolute atomic E-state index is 0.669. The number of aryl methyl sites for hydroxylation is 2. The number of imidazole rings is 1. The van der Waals surface area contributed by atoms with Crippen LogP contribution in [-0.2, 0) is 13.0 Å². The smallest absolute Gasteiger partial charge is 0.203 e. The van der Waals surface area contributed by atoms with Gasteiger partial charge in [0.1, 0.15) is 0 Å². The molecule has 0 aliphatic heterocycles. The van der Waals surface area contributed by atoms with Crippen LogP contribution in [0.1, 0.15) is 31.0 Å². The van der Waals surface area contributed by atoms with Crippen molar-refractivity contribution in [1.29, 1.82) is 0 Å². The van der Waals surface area contributed by atoms with E-state index in [-0.39, 0.29) is 0 Å². The molecule has 0 bridgehead atoms. The molecule has 1 N–H and O–H groups in total. The first-order chi connectivity index (χ1) is 10.1. The highest BCUT2D eigenvalue weighted by atomic mass is 35.5. The summed E-state index contributed by atoms with van der Waals surface area (Å²) in [5, 5.41) is 4.78. The van der Waals surface area contributed by atoms with Gasteiger partial charge in [-0.15, -0.1) is 0 Å². The predicted octanol–water partition coefficient (Wildman–Crippen LogP) is 4.95. The number of unbranched alkanes of at least 4 members (excludes halogenated alkanes) is 1. The highest BCUT2D eigenvalue weighted by Gasteiger charge is 2.06. The molecule has 21 heavy (non-hydrogen) atoms. The number of anilines is 1. The minimum atomic E-state index is 0.669. The molecule has 114 valence electrons. The zero-order chi connectivity index (χ0) is 15.2. The van der Waals surface area contributed by atoms with Gasteiger partial charge in [-0.05, 0) is 37.5 Å². The molecule has 0 atom stereocenters. The third-order valence-corrected chi connectivity index (χ3v) is 3.93. The Kier molecular flexibility index (Phi) is 5.95. The number of benzene rings is 1. The fourth-order valence-corrected chi connectivity index (χ4v) is 2.72. The number of nitrogens with one attached hydrogen (secondary N) is 1. The van der Waals surface area contributed by atoms with Crippen molar-refractivity contribution < 1.29 is 0 Å². The topological polar surface area (TPSA) is 29.9 Å². The van der Waals surface area contributed by atoms with E-state index in [1.165, 1.54) is 6.42 Å². The Bertz CT molecular complexity index is 593. The summed E-state index contributed by atoms with van der Waals surface area (Å²) < 4.78 is 2.18. The molecule has 5 heteroatoms. The maximum absolute atomic E-state index is 6.18. The summed E-state index contributed by atoms with van der Waals surface area (Å²) in [6.07, 6.45) is 5.27. The zero-order valence-corrected chi connectivity index (χ0v) is 14.0. The van der Waals surface area contributed by atoms with Crippen molar-refractivity contribution in [3.05, 3.63) is 45.7 Å². The average Bonchev–Trinajstić information content (AvgIpc) is 2.79. The number of rotatable bonds is 7. The number of aromatic nitrogens is 2. The van der Waals surface area contributed by atoms with Crippen molar-refractivity contribution in [2.75, 3.05) is 11.9 Å². The Hall–Kier alpha value is -1.19. The van der Waals surface area contributed by atoms with E-state index in [0.29, 0.717) is 5.02 Å². The summed E-state index contributed by atoms with van der Waals surface area (Å²) >= 11 is 12.1. The lowest BCUT2D eigenvalue weighted by molar-refractivity contribution is 0.634. The molecule has 0 fully saturated rings. The number of hydrogen-bond acceptors (Lipinski definition) is 2. The van der Waals surface area contributed by atoms with Crippen LogP contribution in [0.15, 0.2) is 24.4 Å². The quantitative estimate of drug-likeness (QED) is 0.780. The van der Waals surface area contributed by atoms with Gasteiger partial charge < -0.3 is 9.88 Å². The molecule has 1 aromatic heterocycles. The van der Waals surface area contributed by atoms with E-state index in [4.69, 9.17) is 23.2 Å². The molecule has 0 aliphatic rings. The van der Waals surface area contributed by atoms with Crippen molar-refractivity contribution in [2.24, 2.45) is 0 Å². The van der Waals surface area contributed by atoms with Crippen LogP contribution in [0, 0.1) is 6.92 Å². The molecule has 1 aromatic carbocycles. The Morgan fingerprint density at radius 2 is 2.10 bits per heavy atom. The van der Waals surface area contributed by atoms with E-state index < -0.39 is 0 Å². The number of halogens is 2. The van der Waals surface area contributed by atoms with Crippen LogP contribution < -0.4 is 5.32 Å². The van der Waals surface area contributed by atoms with E-state index in [1.54, 1.807) is 6.07 Å². The van der Waals surface area contributed by atoms with E-state index in [9.17, 15) is 0 Å². The largest absolute Gasteiger partial charge is 0.355 e. The van der Waals surface area contributed by atoms with Crippen LogP contribution >= 0.6 is 23.2 Å². The van der Waals surface area contributed by atoms with Crippen molar-refractivity contribution in [2.45, 2.75) is 39.7 Å². The molecule has 0 saturated heterocycles. The van der Waals surface area contributed by atoms with Gasteiger partial charge in [0.05, 0.1) is 5.69 Å². The van der Waals surface area contributed by atoms with Crippen LogP contribution in [0.4, 0.5) is 5.95 Å². The summed E-state index contributed by atoms with van der Waals surface area (Å²) in [5.41, 5.74) is 2.13. The highest BCUT2D eigenvalue weighted by Crippen LogP contribution is 2.21. The van der Waals surface area contributed by atoms with Crippen LogP contribution in [0.25, 0.3) is 0 Å². The molecule has 0 saturated carbocycles. The highest BCUT2D eigenvalue weighted by molar-refractivity contribution is 6.35. The lowest BCUT2D eigenvalue weighted by atomic mass is 10.1. The van der Waals surface area contributed by atoms with E-state index in [1.807, 2.05) is 19.1 Å². The van der Waals surface area contributed by atoms with Gasteiger partial charge in [0.25, 0.3) is 0 Å². The Labute approximate surface area is 136 Å². The summed E-state index contributed by atoms with van der Waals surface area (Å²) in [7, 11) is 0. The van der Waals surface area contributed by atoms with Crippen LogP contribution in [0.3, 0.4) is 0 Å². The third-order valence-electron chi connectivity index (χ3n) is 3.34. The third kappa shape index (κ3) is 4.65. The standard InChI is InChI=1S/C16H21Cl2N3/c1-3-4-9-21-11-12(2)20-16(21)19-8-7-13-5-6-14(17)10-15(13)18/h5-6,10-11H,3-4,7-9H2,1-2H3,(H,19,20). The second-order valence-corrected chi connectivity index (χ2v) is 6.01. The molecule has 3 nitrogen and oxygen atoms in total. The molecule has 2 rings (SSSR count). The van der Waals surface area contributed by atoms with Crippen molar-refractivity contribution in [3.8, 4) is 0 Å². The molecule has 2 aromatic rings. The number of nitrogens with zero attached hydrogens (tertiary/aromatic N) is 2. The van der Waals surface area contributed by atoms with Gasteiger partial charge in [0.15, 0.2) is 0 Å². The molecule has 0 amide bonds. The maximum Gasteiger partial charge on any atom is 0.203 e. The van der Waals surface area contributed by atoms with Gasteiger partial charge in [-0.25, -0.2) is 4.98 Å². The second-order valence-electron chi connectivity index (χ2n) is 5.17. The molecule has 0 aliphatic carbocycles. The zero-order valence-electron chi connectivity index (χ0n) is 12.5. The molecular formula is C16H21Cl2N3. The minimum Gasteiger partial charge on any atom is -0.355 e. The fraction of sp³-hybridized carbons (Fsp3) is 0.438. The first-order valence-corrected chi connectivity index (χ1v) is 8.07. The van der Waals surface area contributed by atoms with Gasteiger partial charge in [-0.3, -0.25) is 0 Å². The monoisotopic (exact) mass is 325 g/mol.